The Morgan fingerprint density at radius 2 is 0.700 bits per heavy atom. The number of hydrogen-bond donors (Lipinski definition) is 4. The van der Waals surface area contributed by atoms with Gasteiger partial charge in [-0.05, 0) is 12.8 Å². The number of unbranched alkanes of at least 4 members (excludes halogenated alkanes) is 45. The molecular weight excluding hydrogens is 877 g/mol. The quantitative estimate of drug-likeness (QED) is 0.0347. The molecule has 0 spiro atoms. The predicted molar refractivity (Wildman–Crippen MR) is 293 cm³/mol. The van der Waals surface area contributed by atoms with Crippen LogP contribution in [0.25, 0.3) is 0 Å². The number of carbonyl (C=O) groups excluding carboxylic acids is 1. The molecule has 9 nitrogen and oxygen atoms in total. The van der Waals surface area contributed by atoms with Crippen LogP contribution in [0.3, 0.4) is 0 Å². The molecule has 6 atom stereocenters. The summed E-state index contributed by atoms with van der Waals surface area (Å²) in [6, 6.07) is 0. The van der Waals surface area contributed by atoms with Crippen LogP contribution in [0.5, 0.6) is 0 Å². The monoisotopic (exact) mass is 997 g/mol. The minimum atomic E-state index is -1.53. The first-order chi connectivity index (χ1) is 34.4. The van der Waals surface area contributed by atoms with E-state index >= 15 is 0 Å². The highest BCUT2D eigenvalue weighted by atomic mass is 16.7. The van der Waals surface area contributed by atoms with E-state index in [-0.39, 0.29) is 19.2 Å². The van der Waals surface area contributed by atoms with Crippen LogP contribution in [0.2, 0.25) is 0 Å². The fourth-order valence-corrected chi connectivity index (χ4v) is 10.2. The van der Waals surface area contributed by atoms with Gasteiger partial charge in [-0.2, -0.15) is 0 Å². The zero-order chi connectivity index (χ0) is 50.6. The molecule has 1 fully saturated rings. The van der Waals surface area contributed by atoms with Crippen molar-refractivity contribution in [1.29, 1.82) is 0 Å². The van der Waals surface area contributed by atoms with Crippen molar-refractivity contribution in [1.82, 2.24) is 0 Å². The topological polar surface area (TPSA) is 135 Å². The Hall–Kier alpha value is -0.810. The highest BCUT2D eigenvalue weighted by Gasteiger charge is 2.44. The van der Waals surface area contributed by atoms with Gasteiger partial charge in [0.25, 0.3) is 0 Å². The van der Waals surface area contributed by atoms with Crippen LogP contribution >= 0.6 is 0 Å². The van der Waals surface area contributed by atoms with E-state index in [2.05, 4.69) is 13.8 Å². The summed E-state index contributed by atoms with van der Waals surface area (Å²) in [6.07, 6.45) is 56.0. The fourth-order valence-electron chi connectivity index (χ4n) is 10.2. The van der Waals surface area contributed by atoms with Gasteiger partial charge in [-0.15, -0.1) is 0 Å². The van der Waals surface area contributed by atoms with Gasteiger partial charge < -0.3 is 39.4 Å². The third-order valence-corrected chi connectivity index (χ3v) is 15.0. The molecule has 0 aromatic heterocycles. The Labute approximate surface area is 433 Å². The van der Waals surface area contributed by atoms with Crippen molar-refractivity contribution in [2.24, 2.45) is 0 Å². The van der Waals surface area contributed by atoms with E-state index in [1.54, 1.807) is 0 Å². The van der Waals surface area contributed by atoms with Gasteiger partial charge in [-0.3, -0.25) is 4.79 Å². The fraction of sp³-hybridized carbons (Fsp3) is 0.984. The number of hydrogen-bond acceptors (Lipinski definition) is 9. The third kappa shape index (κ3) is 42.5. The Balaban J connectivity index is 2.10. The second-order valence-electron chi connectivity index (χ2n) is 21.9. The molecule has 0 bridgehead atoms. The summed E-state index contributed by atoms with van der Waals surface area (Å²) in [5.74, 6) is -0.301. The van der Waals surface area contributed by atoms with Crippen molar-refractivity contribution in [3.05, 3.63) is 0 Å². The van der Waals surface area contributed by atoms with Crippen LogP contribution in [0.4, 0.5) is 0 Å². The summed E-state index contributed by atoms with van der Waals surface area (Å²) in [5, 5.41) is 40.4. The maximum Gasteiger partial charge on any atom is 0.306 e. The minimum Gasteiger partial charge on any atom is -0.457 e. The summed E-state index contributed by atoms with van der Waals surface area (Å²) in [6.45, 7) is 4.66. The molecule has 0 aromatic carbocycles. The van der Waals surface area contributed by atoms with Crippen LogP contribution in [0.1, 0.15) is 322 Å². The standard InChI is InChI=1S/C61H120O9/c1-3-5-7-9-11-13-15-17-19-21-23-25-27-28-30-32-34-36-38-40-42-44-46-48-50-57(63)69-55(54-68-61-60(66)59(65)58(64)56(52-62)70-61)53-67-51-49-47-45-43-41-39-37-35-33-31-29-26-24-22-20-18-16-14-12-10-8-6-4-2/h55-56,58-62,64-66H,3-54H2,1-2H3. The molecule has 1 rings (SSSR count). The number of esters is 1. The average Bonchev–Trinajstić information content (AvgIpc) is 3.36. The molecule has 0 radical (unpaired) electrons. The SMILES string of the molecule is CCCCCCCCCCCCCCCCCCCCCCCCCCC(=O)OC(COCCCCCCCCCCCCCCCCCCCCCCCCC)COC1OC(CO)C(O)C(O)C1O. The summed E-state index contributed by atoms with van der Waals surface area (Å²) in [4.78, 5) is 12.9. The van der Waals surface area contributed by atoms with Crippen molar-refractivity contribution in [2.45, 2.75) is 359 Å². The number of aliphatic hydroxyl groups is 4. The zero-order valence-electron chi connectivity index (χ0n) is 46.6. The van der Waals surface area contributed by atoms with Crippen molar-refractivity contribution in [3.8, 4) is 0 Å². The molecule has 4 N–H and O–H groups in total. The Bertz CT molecular complexity index is 1040. The molecule has 0 amide bonds. The van der Waals surface area contributed by atoms with E-state index in [1.807, 2.05) is 0 Å². The van der Waals surface area contributed by atoms with Crippen molar-refractivity contribution >= 4 is 5.97 Å². The predicted octanol–water partition coefficient (Wildman–Crippen LogP) is 16.5. The van der Waals surface area contributed by atoms with E-state index in [0.717, 1.165) is 32.1 Å². The Morgan fingerprint density at radius 1 is 0.400 bits per heavy atom. The van der Waals surface area contributed by atoms with E-state index in [0.29, 0.717) is 13.0 Å². The molecule has 418 valence electrons. The number of carbonyl (C=O) groups is 1. The highest BCUT2D eigenvalue weighted by Crippen LogP contribution is 2.23. The molecule has 0 aliphatic carbocycles. The average molecular weight is 998 g/mol. The summed E-state index contributed by atoms with van der Waals surface area (Å²) < 4.78 is 23.0. The highest BCUT2D eigenvalue weighted by molar-refractivity contribution is 5.69. The third-order valence-electron chi connectivity index (χ3n) is 15.0. The smallest absolute Gasteiger partial charge is 0.306 e. The van der Waals surface area contributed by atoms with E-state index in [1.165, 1.54) is 270 Å². The number of aliphatic hydroxyl groups excluding tert-OH is 4. The van der Waals surface area contributed by atoms with Gasteiger partial charge in [0.15, 0.2) is 6.29 Å². The van der Waals surface area contributed by atoms with Crippen LogP contribution < -0.4 is 0 Å². The molecule has 1 aliphatic heterocycles. The molecule has 70 heavy (non-hydrogen) atoms. The zero-order valence-corrected chi connectivity index (χ0v) is 46.6. The Kier molecular flexibility index (Phi) is 50.9. The maximum absolute atomic E-state index is 12.9. The lowest BCUT2D eigenvalue weighted by atomic mass is 9.99. The van der Waals surface area contributed by atoms with Crippen LogP contribution in [0, 0.1) is 0 Å². The lowest BCUT2D eigenvalue weighted by molar-refractivity contribution is -0.305. The van der Waals surface area contributed by atoms with Gasteiger partial charge in [0.2, 0.25) is 0 Å². The van der Waals surface area contributed by atoms with Crippen molar-refractivity contribution < 1.29 is 44.2 Å². The first-order valence-electron chi connectivity index (χ1n) is 31.1. The molecule has 1 heterocycles. The second kappa shape index (κ2) is 53.0. The molecule has 9 heteroatoms. The lowest BCUT2D eigenvalue weighted by Gasteiger charge is -2.39. The van der Waals surface area contributed by atoms with E-state index < -0.39 is 43.4 Å². The largest absolute Gasteiger partial charge is 0.457 e. The van der Waals surface area contributed by atoms with Crippen molar-refractivity contribution in [3.63, 3.8) is 0 Å². The van der Waals surface area contributed by atoms with E-state index in [4.69, 9.17) is 18.9 Å². The first kappa shape index (κ1) is 67.2. The van der Waals surface area contributed by atoms with Gasteiger partial charge in [0.05, 0.1) is 19.8 Å². The molecule has 0 aromatic rings. The molecular formula is C61H120O9. The van der Waals surface area contributed by atoms with Gasteiger partial charge in [0, 0.05) is 13.0 Å². The molecule has 0 saturated carbocycles. The molecule has 1 saturated heterocycles. The van der Waals surface area contributed by atoms with Gasteiger partial charge in [-0.1, -0.05) is 303 Å². The molecule has 6 unspecified atom stereocenters. The second-order valence-corrected chi connectivity index (χ2v) is 21.9. The van der Waals surface area contributed by atoms with Crippen LogP contribution in [-0.2, 0) is 23.7 Å². The number of ether oxygens (including phenoxy) is 4. The number of rotatable bonds is 56. The van der Waals surface area contributed by atoms with Gasteiger partial charge in [0.1, 0.15) is 30.5 Å². The first-order valence-corrected chi connectivity index (χ1v) is 31.1. The Morgan fingerprint density at radius 3 is 1.01 bits per heavy atom. The summed E-state index contributed by atoms with van der Waals surface area (Å²) in [5.41, 5.74) is 0. The maximum atomic E-state index is 12.9. The normalized spacial score (nSPS) is 18.7. The summed E-state index contributed by atoms with van der Waals surface area (Å²) >= 11 is 0. The van der Waals surface area contributed by atoms with Gasteiger partial charge >= 0.3 is 5.97 Å². The van der Waals surface area contributed by atoms with Gasteiger partial charge in [-0.25, -0.2) is 0 Å². The summed E-state index contributed by atoms with van der Waals surface area (Å²) in [7, 11) is 0. The lowest BCUT2D eigenvalue weighted by Crippen LogP contribution is -2.59. The van der Waals surface area contributed by atoms with Crippen LogP contribution in [-0.4, -0.2) is 89.6 Å². The van der Waals surface area contributed by atoms with Crippen molar-refractivity contribution in [2.75, 3.05) is 26.4 Å². The molecule has 1 aliphatic rings. The van der Waals surface area contributed by atoms with E-state index in [9.17, 15) is 25.2 Å². The minimum absolute atomic E-state index is 0.104. The van der Waals surface area contributed by atoms with Crippen LogP contribution in [0.15, 0.2) is 0 Å².